The molecule has 0 saturated carbocycles. The van der Waals surface area contributed by atoms with Gasteiger partial charge in [0.15, 0.2) is 0 Å². The Morgan fingerprint density at radius 3 is 2.71 bits per heavy atom. The van der Waals surface area contributed by atoms with Crippen molar-refractivity contribution >= 4 is 17.4 Å². The normalized spacial score (nSPS) is 13.6. The number of benzene rings is 2. The number of urea groups is 1. The second-order valence-corrected chi connectivity index (χ2v) is 7.05. The van der Waals surface area contributed by atoms with Gasteiger partial charge in [0.1, 0.15) is 23.9 Å². The first kappa shape index (κ1) is 20.6. The van der Waals surface area contributed by atoms with Crippen molar-refractivity contribution in [2.75, 3.05) is 10.2 Å². The molecule has 1 aliphatic rings. The molecule has 1 aromatic heterocycles. The summed E-state index contributed by atoms with van der Waals surface area (Å²) < 4.78 is 58.2. The molecule has 0 radical (unpaired) electrons. The molecule has 160 valence electrons. The third-order valence-electron chi connectivity index (χ3n) is 4.93. The third kappa shape index (κ3) is 4.30. The molecule has 0 saturated heterocycles. The molecule has 2 aromatic carbocycles. The maximum atomic E-state index is 13.7. The van der Waals surface area contributed by atoms with Crippen LogP contribution in [-0.2, 0) is 19.3 Å². The van der Waals surface area contributed by atoms with Crippen LogP contribution in [-0.4, -0.2) is 11.0 Å². The Morgan fingerprint density at radius 2 is 1.97 bits per heavy atom. The Kier molecular flexibility index (Phi) is 5.26. The SMILES string of the molecule is Cc1ccc(OCc2ncccc2F)cc1N1Cc2ccc(C(F)(F)F)cc2NC1=O. The second kappa shape index (κ2) is 7.90. The number of ether oxygens (including phenoxy) is 1. The number of carbonyl (C=O) groups excluding carboxylic acids is 1. The van der Waals surface area contributed by atoms with Crippen LogP contribution in [0.4, 0.5) is 33.7 Å². The Morgan fingerprint density at radius 1 is 1.16 bits per heavy atom. The third-order valence-corrected chi connectivity index (χ3v) is 4.93. The minimum atomic E-state index is -4.49. The van der Waals surface area contributed by atoms with Crippen molar-refractivity contribution in [1.29, 1.82) is 0 Å². The van der Waals surface area contributed by atoms with Gasteiger partial charge in [0.25, 0.3) is 0 Å². The Labute approximate surface area is 175 Å². The van der Waals surface area contributed by atoms with Crippen LogP contribution in [0.3, 0.4) is 0 Å². The summed E-state index contributed by atoms with van der Waals surface area (Å²) in [5.41, 5.74) is 1.30. The summed E-state index contributed by atoms with van der Waals surface area (Å²) in [5, 5.41) is 2.52. The van der Waals surface area contributed by atoms with Gasteiger partial charge in [0, 0.05) is 18.0 Å². The molecule has 0 aliphatic carbocycles. The summed E-state index contributed by atoms with van der Waals surface area (Å²) in [6, 6.07) is 10.5. The van der Waals surface area contributed by atoms with Gasteiger partial charge in [-0.25, -0.2) is 9.18 Å². The van der Waals surface area contributed by atoms with E-state index in [1.165, 1.54) is 29.3 Å². The molecular weight excluding hydrogens is 414 g/mol. The maximum absolute atomic E-state index is 13.7. The van der Waals surface area contributed by atoms with E-state index in [0.717, 1.165) is 17.7 Å². The molecule has 3 aromatic rings. The summed E-state index contributed by atoms with van der Waals surface area (Å²) >= 11 is 0. The van der Waals surface area contributed by atoms with Crippen molar-refractivity contribution in [1.82, 2.24) is 4.98 Å². The number of alkyl halides is 3. The minimum absolute atomic E-state index is 0.0928. The lowest BCUT2D eigenvalue weighted by molar-refractivity contribution is -0.137. The van der Waals surface area contributed by atoms with E-state index >= 15 is 0 Å². The molecule has 5 nitrogen and oxygen atoms in total. The van der Waals surface area contributed by atoms with Crippen LogP contribution in [0.25, 0.3) is 0 Å². The zero-order valence-corrected chi connectivity index (χ0v) is 16.3. The minimum Gasteiger partial charge on any atom is -0.487 e. The van der Waals surface area contributed by atoms with Crippen LogP contribution < -0.4 is 15.0 Å². The lowest BCUT2D eigenvalue weighted by Gasteiger charge is -2.31. The molecule has 31 heavy (non-hydrogen) atoms. The molecule has 0 fully saturated rings. The number of rotatable bonds is 4. The monoisotopic (exact) mass is 431 g/mol. The van der Waals surface area contributed by atoms with E-state index in [4.69, 9.17) is 4.74 Å². The number of hydrogen-bond acceptors (Lipinski definition) is 3. The first-order valence-corrected chi connectivity index (χ1v) is 9.34. The first-order chi connectivity index (χ1) is 14.7. The number of halogens is 4. The number of aryl methyl sites for hydroxylation is 1. The van der Waals surface area contributed by atoms with Gasteiger partial charge in [-0.3, -0.25) is 9.88 Å². The summed E-state index contributed by atoms with van der Waals surface area (Å²) in [4.78, 5) is 18.0. The van der Waals surface area contributed by atoms with Gasteiger partial charge in [-0.1, -0.05) is 12.1 Å². The van der Waals surface area contributed by atoms with Crippen LogP contribution in [0.1, 0.15) is 22.4 Å². The highest BCUT2D eigenvalue weighted by Gasteiger charge is 2.33. The fourth-order valence-electron chi connectivity index (χ4n) is 3.27. The molecule has 1 aliphatic heterocycles. The number of nitrogens with one attached hydrogen (secondary N) is 1. The van der Waals surface area contributed by atoms with E-state index < -0.39 is 23.6 Å². The Hall–Kier alpha value is -3.62. The van der Waals surface area contributed by atoms with E-state index in [1.807, 2.05) is 0 Å². The zero-order valence-electron chi connectivity index (χ0n) is 16.3. The molecule has 0 spiro atoms. The number of hydrogen-bond donors (Lipinski definition) is 1. The largest absolute Gasteiger partial charge is 0.487 e. The van der Waals surface area contributed by atoms with Crippen LogP contribution in [0, 0.1) is 12.7 Å². The number of anilines is 2. The van der Waals surface area contributed by atoms with Crippen molar-refractivity contribution < 1.29 is 27.1 Å². The highest BCUT2D eigenvalue weighted by atomic mass is 19.4. The predicted octanol–water partition coefficient (Wildman–Crippen LogP) is 5.68. The van der Waals surface area contributed by atoms with Crippen LogP contribution >= 0.6 is 0 Å². The first-order valence-electron chi connectivity index (χ1n) is 9.34. The quantitative estimate of drug-likeness (QED) is 0.541. The lowest BCUT2D eigenvalue weighted by atomic mass is 10.0. The average molecular weight is 431 g/mol. The van der Waals surface area contributed by atoms with Crippen molar-refractivity contribution in [3.63, 3.8) is 0 Å². The number of nitrogens with zero attached hydrogens (tertiary/aromatic N) is 2. The number of fused-ring (bicyclic) bond motifs is 1. The van der Waals surface area contributed by atoms with Gasteiger partial charge < -0.3 is 10.1 Å². The van der Waals surface area contributed by atoms with E-state index in [-0.39, 0.29) is 24.5 Å². The highest BCUT2D eigenvalue weighted by molar-refractivity contribution is 6.04. The molecule has 2 heterocycles. The smallest absolute Gasteiger partial charge is 0.416 e. The standard InChI is InChI=1S/C22H17F4N3O2/c1-13-4-7-16(31-12-19-17(23)3-2-8-27-19)10-20(13)29-11-14-5-6-15(22(24,25)26)9-18(14)28-21(29)30/h2-10H,11-12H2,1H3,(H,28,30). The van der Waals surface area contributed by atoms with Gasteiger partial charge in [0.2, 0.25) is 0 Å². The molecule has 9 heteroatoms. The fourth-order valence-corrected chi connectivity index (χ4v) is 3.27. The Bertz CT molecular complexity index is 1150. The van der Waals surface area contributed by atoms with Gasteiger partial charge in [-0.2, -0.15) is 13.2 Å². The number of carbonyl (C=O) groups is 1. The van der Waals surface area contributed by atoms with Crippen LogP contribution in [0.2, 0.25) is 0 Å². The Balaban J connectivity index is 1.57. The second-order valence-electron chi connectivity index (χ2n) is 7.05. The number of amides is 2. The van der Waals surface area contributed by atoms with E-state index in [2.05, 4.69) is 10.3 Å². The van der Waals surface area contributed by atoms with Crippen molar-refractivity contribution in [3.8, 4) is 5.75 Å². The maximum Gasteiger partial charge on any atom is 0.416 e. The average Bonchev–Trinajstić information content (AvgIpc) is 2.73. The molecule has 0 atom stereocenters. The van der Waals surface area contributed by atoms with Gasteiger partial charge >= 0.3 is 12.2 Å². The lowest BCUT2D eigenvalue weighted by Crippen LogP contribution is -2.39. The summed E-state index contributed by atoms with van der Waals surface area (Å²) in [6.45, 7) is 1.80. The van der Waals surface area contributed by atoms with Crippen molar-refractivity contribution in [3.05, 3.63) is 82.9 Å². The van der Waals surface area contributed by atoms with E-state index in [9.17, 15) is 22.4 Å². The van der Waals surface area contributed by atoms with Crippen molar-refractivity contribution in [2.45, 2.75) is 26.3 Å². The summed E-state index contributed by atoms with van der Waals surface area (Å²) in [7, 11) is 0. The zero-order chi connectivity index (χ0) is 22.2. The molecule has 2 amide bonds. The van der Waals surface area contributed by atoms with Gasteiger partial charge in [0.05, 0.1) is 17.8 Å². The van der Waals surface area contributed by atoms with Gasteiger partial charge in [-0.05, 0) is 48.4 Å². The van der Waals surface area contributed by atoms with Gasteiger partial charge in [-0.15, -0.1) is 0 Å². The highest BCUT2D eigenvalue weighted by Crippen LogP contribution is 2.36. The molecule has 4 rings (SSSR count). The molecule has 0 bridgehead atoms. The van der Waals surface area contributed by atoms with Crippen molar-refractivity contribution in [2.24, 2.45) is 0 Å². The summed E-state index contributed by atoms with van der Waals surface area (Å²) in [5.74, 6) is -0.0863. The van der Waals surface area contributed by atoms with Crippen LogP contribution in [0.5, 0.6) is 5.75 Å². The predicted molar refractivity (Wildman–Crippen MR) is 106 cm³/mol. The number of aromatic nitrogens is 1. The molecule has 0 unspecified atom stereocenters. The molecule has 1 N–H and O–H groups in total. The molecular formula is C22H17F4N3O2. The van der Waals surface area contributed by atoms with Crippen LogP contribution in [0.15, 0.2) is 54.7 Å². The fraction of sp³-hybridized carbons (Fsp3) is 0.182. The van der Waals surface area contributed by atoms with E-state index in [0.29, 0.717) is 17.0 Å². The van der Waals surface area contributed by atoms with E-state index in [1.54, 1.807) is 25.1 Å². The summed E-state index contributed by atoms with van der Waals surface area (Å²) in [6.07, 6.45) is -3.03. The number of pyridine rings is 1. The topological polar surface area (TPSA) is 54.5 Å².